The molecule has 19 heavy (non-hydrogen) atoms. The Kier molecular flexibility index (Phi) is 3.15. The predicted molar refractivity (Wildman–Crippen MR) is 65.6 cm³/mol. The number of imidazole rings is 1. The van der Waals surface area contributed by atoms with Gasteiger partial charge in [0.15, 0.2) is 5.65 Å². The van der Waals surface area contributed by atoms with Crippen molar-refractivity contribution in [3.63, 3.8) is 0 Å². The van der Waals surface area contributed by atoms with E-state index in [0.717, 1.165) is 0 Å². The molecule has 2 aromatic rings. The van der Waals surface area contributed by atoms with E-state index >= 15 is 0 Å². The second kappa shape index (κ2) is 4.69. The van der Waals surface area contributed by atoms with Crippen molar-refractivity contribution in [3.05, 3.63) is 12.2 Å². The van der Waals surface area contributed by atoms with Gasteiger partial charge in [-0.05, 0) is 0 Å². The summed E-state index contributed by atoms with van der Waals surface area (Å²) >= 11 is 4.17. The summed E-state index contributed by atoms with van der Waals surface area (Å²) in [4.78, 5) is 14.9. The highest BCUT2D eigenvalue weighted by Gasteiger charge is 2.39. The number of thiol groups is 1. The molecule has 1 fully saturated rings. The molecule has 1 saturated heterocycles. The number of aliphatic hydroxyl groups excluding tert-OH is 3. The van der Waals surface area contributed by atoms with Crippen LogP contribution in [0.25, 0.3) is 11.2 Å². The molecule has 2 aromatic heterocycles. The molecule has 4 N–H and O–H groups in total. The zero-order chi connectivity index (χ0) is 13.6. The van der Waals surface area contributed by atoms with Gasteiger partial charge in [-0.15, -0.1) is 12.6 Å². The van der Waals surface area contributed by atoms with Crippen LogP contribution in [0.3, 0.4) is 0 Å². The van der Waals surface area contributed by atoms with E-state index in [2.05, 4.69) is 32.6 Å². The zero-order valence-electron chi connectivity index (χ0n) is 9.63. The number of aromatic nitrogens is 4. The highest BCUT2D eigenvalue weighted by Crippen LogP contribution is 2.29. The quantitative estimate of drug-likeness (QED) is 0.329. The van der Waals surface area contributed by atoms with Gasteiger partial charge in [0.25, 0.3) is 0 Å². The summed E-state index contributed by atoms with van der Waals surface area (Å²) in [5.41, 5.74) is 0.920. The van der Waals surface area contributed by atoms with Gasteiger partial charge in [-0.3, -0.25) is 0 Å². The monoisotopic (exact) mass is 284 g/mol. The molecule has 0 spiro atoms. The molecule has 0 saturated carbocycles. The van der Waals surface area contributed by atoms with Gasteiger partial charge in [-0.25, -0.2) is 15.0 Å². The van der Waals surface area contributed by atoms with E-state index in [-0.39, 0.29) is 6.61 Å². The van der Waals surface area contributed by atoms with Crippen LogP contribution in [0.1, 0.15) is 11.9 Å². The molecular formula is C10H12N4O4S. The Labute approximate surface area is 112 Å². The van der Waals surface area contributed by atoms with Gasteiger partial charge >= 0.3 is 0 Å². The Morgan fingerprint density at radius 2 is 2.05 bits per heavy atom. The van der Waals surface area contributed by atoms with E-state index < -0.39 is 24.4 Å². The summed E-state index contributed by atoms with van der Waals surface area (Å²) in [5.74, 6) is 0.309. The maximum Gasteiger partial charge on any atom is 0.182 e. The first-order valence-corrected chi connectivity index (χ1v) is 6.08. The van der Waals surface area contributed by atoms with E-state index in [1.807, 2.05) is 0 Å². The first-order chi connectivity index (χ1) is 9.08. The van der Waals surface area contributed by atoms with Gasteiger partial charge in [-0.1, -0.05) is 0 Å². The topological polar surface area (TPSA) is 124 Å². The number of hydrogen-bond acceptors (Lipinski definition) is 8. The van der Waals surface area contributed by atoms with E-state index in [0.29, 0.717) is 22.0 Å². The minimum Gasteiger partial charge on any atom is -0.388 e. The van der Waals surface area contributed by atoms with Crippen molar-refractivity contribution in [3.8, 4) is 0 Å². The lowest BCUT2D eigenvalue weighted by atomic mass is 10.00. The normalized spacial score (nSPS) is 31.8. The van der Waals surface area contributed by atoms with Crippen molar-refractivity contribution >= 4 is 23.8 Å². The number of aromatic amines is 1. The van der Waals surface area contributed by atoms with E-state index in [9.17, 15) is 15.3 Å². The first kappa shape index (κ1) is 12.8. The minimum atomic E-state index is -1.28. The molecule has 9 heteroatoms. The molecule has 1 aliphatic rings. The molecule has 0 radical (unpaired) electrons. The lowest BCUT2D eigenvalue weighted by Gasteiger charge is -2.34. The molecule has 0 aliphatic carbocycles. The maximum atomic E-state index is 9.91. The number of rotatable bonds is 1. The van der Waals surface area contributed by atoms with Gasteiger partial charge in [0.05, 0.1) is 6.61 Å². The lowest BCUT2D eigenvalue weighted by Crippen LogP contribution is -2.49. The van der Waals surface area contributed by atoms with Crippen LogP contribution in [0, 0.1) is 0 Å². The summed E-state index contributed by atoms with van der Waals surface area (Å²) in [6, 6.07) is 0. The average molecular weight is 284 g/mol. The number of aliphatic hydroxyl groups is 3. The van der Waals surface area contributed by atoms with Crippen LogP contribution < -0.4 is 0 Å². The number of nitrogens with zero attached hydrogens (tertiary/aromatic N) is 3. The molecule has 4 atom stereocenters. The predicted octanol–water partition coefficient (Wildman–Crippen LogP) is -1.20. The molecule has 8 nitrogen and oxygen atoms in total. The highest BCUT2D eigenvalue weighted by atomic mass is 32.1. The average Bonchev–Trinajstić information content (AvgIpc) is 2.81. The maximum absolute atomic E-state index is 9.91. The Hall–Kier alpha value is -1.26. The summed E-state index contributed by atoms with van der Waals surface area (Å²) in [7, 11) is 0. The van der Waals surface area contributed by atoms with Crippen molar-refractivity contribution in [2.75, 3.05) is 6.61 Å². The number of nitrogens with one attached hydrogen (secondary N) is 1. The summed E-state index contributed by atoms with van der Waals surface area (Å²) in [5, 5.41) is 29.4. The van der Waals surface area contributed by atoms with Crippen molar-refractivity contribution in [2.45, 2.75) is 29.4 Å². The molecule has 0 aromatic carbocycles. The highest BCUT2D eigenvalue weighted by molar-refractivity contribution is 7.80. The fourth-order valence-corrected chi connectivity index (χ4v) is 2.22. The van der Waals surface area contributed by atoms with Crippen molar-refractivity contribution < 1.29 is 20.1 Å². The Bertz CT molecular complexity index is 606. The van der Waals surface area contributed by atoms with Crippen LogP contribution in [0.2, 0.25) is 0 Å². The molecule has 102 valence electrons. The Balaban J connectivity index is 1.98. The van der Waals surface area contributed by atoms with Crippen LogP contribution >= 0.6 is 12.6 Å². The zero-order valence-corrected chi connectivity index (χ0v) is 10.5. The molecule has 3 rings (SSSR count). The van der Waals surface area contributed by atoms with Crippen LogP contribution in [0.4, 0.5) is 0 Å². The number of ether oxygens (including phenoxy) is 1. The van der Waals surface area contributed by atoms with Gasteiger partial charge in [0, 0.05) is 0 Å². The molecule has 0 amide bonds. The first-order valence-electron chi connectivity index (χ1n) is 5.63. The van der Waals surface area contributed by atoms with E-state index in [1.165, 1.54) is 6.33 Å². The van der Waals surface area contributed by atoms with Crippen LogP contribution in [0.15, 0.2) is 11.4 Å². The Morgan fingerprint density at radius 3 is 2.79 bits per heavy atom. The summed E-state index contributed by atoms with van der Waals surface area (Å²) < 4.78 is 5.30. The lowest BCUT2D eigenvalue weighted by molar-refractivity contribution is -0.191. The second-order valence-electron chi connectivity index (χ2n) is 4.32. The van der Waals surface area contributed by atoms with Crippen molar-refractivity contribution in [1.29, 1.82) is 0 Å². The SMILES string of the molecule is OC1COC(c2nc3ncnc(S)c3[nH]2)C(O)C1O. The third-order valence-corrected chi connectivity index (χ3v) is 3.40. The molecule has 4 unspecified atom stereocenters. The summed E-state index contributed by atoms with van der Waals surface area (Å²) in [6.45, 7) is -0.0840. The van der Waals surface area contributed by atoms with Gasteiger partial charge in [0.1, 0.15) is 47.1 Å². The van der Waals surface area contributed by atoms with Crippen molar-refractivity contribution in [1.82, 2.24) is 19.9 Å². The third-order valence-electron chi connectivity index (χ3n) is 3.06. The van der Waals surface area contributed by atoms with Crippen LogP contribution in [-0.2, 0) is 4.74 Å². The number of hydrogen-bond donors (Lipinski definition) is 5. The molecular weight excluding hydrogens is 272 g/mol. The van der Waals surface area contributed by atoms with Gasteiger partial charge < -0.3 is 25.0 Å². The van der Waals surface area contributed by atoms with Gasteiger partial charge in [-0.2, -0.15) is 0 Å². The molecule has 3 heterocycles. The minimum absolute atomic E-state index is 0.0840. The Morgan fingerprint density at radius 1 is 1.26 bits per heavy atom. The molecule has 0 bridgehead atoms. The second-order valence-corrected chi connectivity index (χ2v) is 4.74. The number of fused-ring (bicyclic) bond motifs is 1. The number of H-pyrrole nitrogens is 1. The third kappa shape index (κ3) is 2.09. The molecule has 1 aliphatic heterocycles. The van der Waals surface area contributed by atoms with Crippen LogP contribution in [0.5, 0.6) is 0 Å². The fraction of sp³-hybridized carbons (Fsp3) is 0.500. The van der Waals surface area contributed by atoms with Crippen molar-refractivity contribution in [2.24, 2.45) is 0 Å². The van der Waals surface area contributed by atoms with E-state index in [4.69, 9.17) is 4.74 Å². The standard InChI is InChI=1S/C10H12N4O4S/c15-3-1-18-7(6(17)5(3)16)9-13-4-8(14-9)11-2-12-10(4)19/h2-3,5-7,15-17H,1H2,(H2,11,12,13,14,19). The fourth-order valence-electron chi connectivity index (χ4n) is 2.02. The van der Waals surface area contributed by atoms with E-state index in [1.54, 1.807) is 0 Å². The van der Waals surface area contributed by atoms with Gasteiger partial charge in [0.2, 0.25) is 0 Å². The summed E-state index contributed by atoms with van der Waals surface area (Å²) in [6.07, 6.45) is -3.21. The van der Waals surface area contributed by atoms with Crippen LogP contribution in [-0.4, -0.2) is 60.2 Å². The smallest absolute Gasteiger partial charge is 0.182 e. The largest absolute Gasteiger partial charge is 0.388 e.